The normalized spacial score (nSPS) is 13.0. The Hall–Kier alpha value is -2.73. The highest BCUT2D eigenvalue weighted by atomic mass is 32.1. The monoisotopic (exact) mass is 329 g/mol. The Morgan fingerprint density at radius 2 is 1.78 bits per heavy atom. The maximum atomic E-state index is 5.49. The average Bonchev–Trinajstić information content (AvgIpc) is 3.07. The van der Waals surface area contributed by atoms with E-state index in [4.69, 9.17) is 27.4 Å². The summed E-state index contributed by atoms with van der Waals surface area (Å²) in [5.74, 6) is 1.30. The fourth-order valence-corrected chi connectivity index (χ4v) is 2.07. The van der Waals surface area contributed by atoms with Crippen LogP contribution in [-0.4, -0.2) is 19.3 Å². The molecule has 0 saturated carbocycles. The molecule has 0 radical (unpaired) electrons. The Morgan fingerprint density at radius 1 is 1.09 bits per heavy atom. The number of benzene rings is 1. The van der Waals surface area contributed by atoms with Crippen LogP contribution in [0.25, 0.3) is 5.70 Å². The summed E-state index contributed by atoms with van der Waals surface area (Å²) in [7, 11) is 3.20. The summed E-state index contributed by atoms with van der Waals surface area (Å²) in [4.78, 5) is 0. The van der Waals surface area contributed by atoms with E-state index >= 15 is 0 Å². The SMILES string of the molecule is COc1ccc(/C(=C/C=C2C=CC=C2)NNC(N)=S)cc1OC. The van der Waals surface area contributed by atoms with Crippen molar-refractivity contribution in [3.8, 4) is 11.5 Å². The van der Waals surface area contributed by atoms with Crippen molar-refractivity contribution in [2.24, 2.45) is 5.73 Å². The van der Waals surface area contributed by atoms with Crippen LogP contribution in [0, 0.1) is 0 Å². The van der Waals surface area contributed by atoms with Gasteiger partial charge in [-0.2, -0.15) is 0 Å². The summed E-state index contributed by atoms with van der Waals surface area (Å²) in [5.41, 5.74) is 14.0. The van der Waals surface area contributed by atoms with E-state index in [2.05, 4.69) is 10.9 Å². The van der Waals surface area contributed by atoms with Gasteiger partial charge >= 0.3 is 0 Å². The van der Waals surface area contributed by atoms with Crippen molar-refractivity contribution in [3.63, 3.8) is 0 Å². The second-order valence-corrected chi connectivity index (χ2v) is 5.09. The highest BCUT2D eigenvalue weighted by Gasteiger charge is 2.08. The molecule has 5 nitrogen and oxygen atoms in total. The van der Waals surface area contributed by atoms with E-state index in [9.17, 15) is 0 Å². The molecule has 0 spiro atoms. The molecule has 0 unspecified atom stereocenters. The standard InChI is InChI=1S/C17H19N3O2S/c1-21-15-10-8-13(11-16(15)22-2)14(19-20-17(18)23)9-7-12-5-3-4-6-12/h3-11,19H,1-2H3,(H3,18,20,23)/b14-9-. The molecule has 1 aliphatic carbocycles. The zero-order chi connectivity index (χ0) is 16.7. The van der Waals surface area contributed by atoms with Crippen LogP contribution in [0.15, 0.2) is 60.2 Å². The lowest BCUT2D eigenvalue weighted by molar-refractivity contribution is 0.355. The van der Waals surface area contributed by atoms with Crippen LogP contribution in [-0.2, 0) is 0 Å². The number of nitrogens with one attached hydrogen (secondary N) is 2. The molecule has 0 aromatic heterocycles. The van der Waals surface area contributed by atoms with E-state index in [-0.39, 0.29) is 5.11 Å². The van der Waals surface area contributed by atoms with Gasteiger partial charge < -0.3 is 15.2 Å². The average molecular weight is 329 g/mol. The molecule has 0 aliphatic heterocycles. The van der Waals surface area contributed by atoms with Gasteiger partial charge in [0.2, 0.25) is 0 Å². The highest BCUT2D eigenvalue weighted by Crippen LogP contribution is 2.29. The molecule has 0 bridgehead atoms. The molecule has 1 aliphatic rings. The van der Waals surface area contributed by atoms with E-state index in [0.717, 1.165) is 16.8 Å². The van der Waals surface area contributed by atoms with Gasteiger partial charge in [0.15, 0.2) is 16.6 Å². The van der Waals surface area contributed by atoms with Gasteiger partial charge in [0.05, 0.1) is 19.9 Å². The molecule has 2 rings (SSSR count). The van der Waals surface area contributed by atoms with Gasteiger partial charge in [-0.05, 0) is 42.1 Å². The first kappa shape index (κ1) is 16.6. The third-order valence-electron chi connectivity index (χ3n) is 3.15. The van der Waals surface area contributed by atoms with Crippen LogP contribution in [0.1, 0.15) is 5.56 Å². The second-order valence-electron chi connectivity index (χ2n) is 4.65. The summed E-state index contributed by atoms with van der Waals surface area (Å²) >= 11 is 4.84. The van der Waals surface area contributed by atoms with Gasteiger partial charge in [-0.15, -0.1) is 0 Å². The van der Waals surface area contributed by atoms with Gasteiger partial charge in [0, 0.05) is 5.56 Å². The summed E-state index contributed by atoms with van der Waals surface area (Å²) in [6.45, 7) is 0. The number of methoxy groups -OCH3 is 2. The largest absolute Gasteiger partial charge is 0.493 e. The first-order valence-electron chi connectivity index (χ1n) is 6.94. The number of nitrogens with two attached hydrogens (primary N) is 1. The third-order valence-corrected chi connectivity index (χ3v) is 3.25. The fraction of sp³-hybridized carbons (Fsp3) is 0.118. The number of rotatable bonds is 6. The molecule has 0 saturated heterocycles. The van der Waals surface area contributed by atoms with Crippen molar-refractivity contribution in [3.05, 3.63) is 65.8 Å². The molecule has 120 valence electrons. The number of thiocarbonyl (C=S) groups is 1. The molecule has 6 heteroatoms. The fourth-order valence-electron chi connectivity index (χ4n) is 2.02. The van der Waals surface area contributed by atoms with Gasteiger partial charge in [-0.25, -0.2) is 0 Å². The van der Waals surface area contributed by atoms with Gasteiger partial charge in [0.25, 0.3) is 0 Å². The summed E-state index contributed by atoms with van der Waals surface area (Å²) in [6.07, 6.45) is 11.9. The summed E-state index contributed by atoms with van der Waals surface area (Å²) in [6, 6.07) is 5.63. The quantitative estimate of drug-likeness (QED) is 0.550. The van der Waals surface area contributed by atoms with Crippen LogP contribution in [0.2, 0.25) is 0 Å². The van der Waals surface area contributed by atoms with Crippen LogP contribution < -0.4 is 26.1 Å². The maximum Gasteiger partial charge on any atom is 0.182 e. The Kier molecular flexibility index (Phi) is 5.82. The molecular weight excluding hydrogens is 310 g/mol. The Labute approximate surface area is 141 Å². The minimum atomic E-state index is 0.157. The molecule has 0 amide bonds. The maximum absolute atomic E-state index is 5.49. The van der Waals surface area contributed by atoms with E-state index in [1.165, 1.54) is 0 Å². The van der Waals surface area contributed by atoms with Crippen molar-refractivity contribution < 1.29 is 9.47 Å². The zero-order valence-electron chi connectivity index (χ0n) is 13.0. The predicted molar refractivity (Wildman–Crippen MR) is 96.9 cm³/mol. The lowest BCUT2D eigenvalue weighted by Gasteiger charge is -2.14. The third kappa shape index (κ3) is 4.62. The van der Waals surface area contributed by atoms with Crippen molar-refractivity contribution in [1.29, 1.82) is 0 Å². The Morgan fingerprint density at radius 3 is 2.39 bits per heavy atom. The van der Waals surface area contributed by atoms with E-state index in [0.29, 0.717) is 11.5 Å². The topological polar surface area (TPSA) is 68.5 Å². The van der Waals surface area contributed by atoms with E-state index in [1.807, 2.05) is 54.7 Å². The molecule has 0 heterocycles. The molecule has 1 aromatic carbocycles. The zero-order valence-corrected chi connectivity index (χ0v) is 13.8. The molecular formula is C17H19N3O2S. The van der Waals surface area contributed by atoms with Crippen LogP contribution in [0.3, 0.4) is 0 Å². The van der Waals surface area contributed by atoms with Crippen LogP contribution >= 0.6 is 12.2 Å². The number of hydrogen-bond acceptors (Lipinski definition) is 4. The molecule has 1 aromatic rings. The number of allylic oxidation sites excluding steroid dienone is 7. The molecule has 23 heavy (non-hydrogen) atoms. The predicted octanol–water partition coefficient (Wildman–Crippen LogP) is 2.43. The summed E-state index contributed by atoms with van der Waals surface area (Å²) in [5, 5.41) is 0.157. The molecule has 4 N–H and O–H groups in total. The number of hydrazine groups is 1. The van der Waals surface area contributed by atoms with Gasteiger partial charge in [-0.1, -0.05) is 30.4 Å². The van der Waals surface area contributed by atoms with E-state index < -0.39 is 0 Å². The summed E-state index contributed by atoms with van der Waals surface area (Å²) < 4.78 is 10.6. The smallest absolute Gasteiger partial charge is 0.182 e. The van der Waals surface area contributed by atoms with Crippen molar-refractivity contribution >= 4 is 23.0 Å². The highest BCUT2D eigenvalue weighted by molar-refractivity contribution is 7.80. The van der Waals surface area contributed by atoms with Crippen LogP contribution in [0.5, 0.6) is 11.5 Å². The van der Waals surface area contributed by atoms with Crippen molar-refractivity contribution in [2.75, 3.05) is 14.2 Å². The first-order chi connectivity index (χ1) is 11.1. The van der Waals surface area contributed by atoms with Gasteiger partial charge in [0.1, 0.15) is 0 Å². The minimum Gasteiger partial charge on any atom is -0.493 e. The molecule has 0 atom stereocenters. The van der Waals surface area contributed by atoms with Crippen molar-refractivity contribution in [1.82, 2.24) is 10.9 Å². The molecule has 0 fully saturated rings. The minimum absolute atomic E-state index is 0.157. The lowest BCUT2D eigenvalue weighted by Crippen LogP contribution is -2.39. The second kappa shape index (κ2) is 8.05. The van der Waals surface area contributed by atoms with E-state index in [1.54, 1.807) is 14.2 Å². The van der Waals surface area contributed by atoms with Gasteiger partial charge in [-0.3, -0.25) is 10.9 Å². The first-order valence-corrected chi connectivity index (χ1v) is 7.35. The Bertz CT molecular complexity index is 692. The lowest BCUT2D eigenvalue weighted by atomic mass is 10.1. The Balaban J connectivity index is 2.34. The number of ether oxygens (including phenoxy) is 2. The van der Waals surface area contributed by atoms with Crippen molar-refractivity contribution in [2.45, 2.75) is 0 Å². The number of hydrogen-bond donors (Lipinski definition) is 3. The van der Waals surface area contributed by atoms with Crippen LogP contribution in [0.4, 0.5) is 0 Å².